The van der Waals surface area contributed by atoms with Crippen molar-refractivity contribution in [3.8, 4) is 0 Å². The fourth-order valence-electron chi connectivity index (χ4n) is 3.24. The average Bonchev–Trinajstić information content (AvgIpc) is 2.71. The molecule has 0 N–H and O–H groups in total. The van der Waals surface area contributed by atoms with Crippen LogP contribution in [0.3, 0.4) is 0 Å². The predicted octanol–water partition coefficient (Wildman–Crippen LogP) is 6.41. The summed E-state index contributed by atoms with van der Waals surface area (Å²) in [5.41, 5.74) is 3.85. The number of unbranched alkanes of at least 4 members (excludes halogenated alkanes) is 1. The van der Waals surface area contributed by atoms with Gasteiger partial charge in [0, 0.05) is 18.9 Å². The molecule has 0 amide bonds. The molecule has 1 radical (unpaired) electrons. The first-order valence-corrected chi connectivity index (χ1v) is 9.51. The van der Waals surface area contributed by atoms with Gasteiger partial charge in [-0.25, -0.2) is 0 Å². The topological polar surface area (TPSA) is 9.23 Å². The molecule has 0 aromatic heterocycles. The molecule has 0 fully saturated rings. The van der Waals surface area contributed by atoms with Crippen molar-refractivity contribution in [2.24, 2.45) is 0 Å². The standard InChI is InChI=1S/C25H27O/c1-2-3-19-26-24(20-21-13-7-4-8-14-21)25(22-15-9-5-10-16-22)23-17-11-6-12-18-23/h4-18,25H,2-3,19-20H2,1H3. The first kappa shape index (κ1) is 18.4. The minimum atomic E-state index is 0.148. The van der Waals surface area contributed by atoms with Crippen LogP contribution in [0.25, 0.3) is 0 Å². The SMILES string of the molecule is CCCCO[C](Cc1ccccc1)C(c1ccccc1)c1ccccc1. The van der Waals surface area contributed by atoms with Gasteiger partial charge >= 0.3 is 0 Å². The molecule has 0 spiro atoms. The van der Waals surface area contributed by atoms with Crippen molar-refractivity contribution in [1.82, 2.24) is 0 Å². The Kier molecular flexibility index (Phi) is 7.04. The Morgan fingerprint density at radius 1 is 0.731 bits per heavy atom. The molecule has 133 valence electrons. The van der Waals surface area contributed by atoms with Crippen molar-refractivity contribution < 1.29 is 4.74 Å². The summed E-state index contributed by atoms with van der Waals surface area (Å²) in [6.45, 7) is 2.97. The predicted molar refractivity (Wildman–Crippen MR) is 109 cm³/mol. The first-order chi connectivity index (χ1) is 12.9. The van der Waals surface area contributed by atoms with Gasteiger partial charge in [0.2, 0.25) is 0 Å². The van der Waals surface area contributed by atoms with Gasteiger partial charge in [-0.1, -0.05) is 104 Å². The van der Waals surface area contributed by atoms with Crippen molar-refractivity contribution >= 4 is 0 Å². The summed E-state index contributed by atoms with van der Waals surface area (Å²) in [6.07, 6.45) is 4.18. The van der Waals surface area contributed by atoms with Crippen LogP contribution >= 0.6 is 0 Å². The number of hydrogen-bond donors (Lipinski definition) is 0. The Morgan fingerprint density at radius 2 is 1.23 bits per heavy atom. The summed E-state index contributed by atoms with van der Waals surface area (Å²) < 4.78 is 6.37. The van der Waals surface area contributed by atoms with E-state index in [1.54, 1.807) is 0 Å². The van der Waals surface area contributed by atoms with Gasteiger partial charge in [0.05, 0.1) is 0 Å². The van der Waals surface area contributed by atoms with Crippen molar-refractivity contribution in [3.05, 3.63) is 114 Å². The van der Waals surface area contributed by atoms with Gasteiger partial charge in [-0.3, -0.25) is 0 Å². The van der Waals surface area contributed by atoms with E-state index in [2.05, 4.69) is 97.9 Å². The molecular formula is C25H27O. The monoisotopic (exact) mass is 343 g/mol. The fraction of sp³-hybridized carbons (Fsp3) is 0.240. The highest BCUT2D eigenvalue weighted by molar-refractivity contribution is 5.38. The Hall–Kier alpha value is -2.38. The van der Waals surface area contributed by atoms with Crippen LogP contribution in [0.1, 0.15) is 42.4 Å². The molecule has 1 nitrogen and oxygen atoms in total. The van der Waals surface area contributed by atoms with Crippen molar-refractivity contribution in [2.45, 2.75) is 32.1 Å². The Bertz CT molecular complexity index is 697. The zero-order valence-corrected chi connectivity index (χ0v) is 15.5. The molecule has 0 unspecified atom stereocenters. The summed E-state index contributed by atoms with van der Waals surface area (Å²) in [6, 6.07) is 32.0. The minimum Gasteiger partial charge on any atom is -0.371 e. The summed E-state index contributed by atoms with van der Waals surface area (Å²) in [7, 11) is 0. The second kappa shape index (κ2) is 9.94. The summed E-state index contributed by atoms with van der Waals surface area (Å²) >= 11 is 0. The van der Waals surface area contributed by atoms with E-state index in [0.717, 1.165) is 32.0 Å². The highest BCUT2D eigenvalue weighted by Crippen LogP contribution is 2.36. The van der Waals surface area contributed by atoms with Crippen LogP contribution in [0.5, 0.6) is 0 Å². The molecule has 0 aliphatic rings. The van der Waals surface area contributed by atoms with E-state index in [1.807, 2.05) is 0 Å². The Labute approximate surface area is 157 Å². The summed E-state index contributed by atoms with van der Waals surface area (Å²) in [5.74, 6) is 0.148. The van der Waals surface area contributed by atoms with Crippen molar-refractivity contribution in [2.75, 3.05) is 6.61 Å². The lowest BCUT2D eigenvalue weighted by Gasteiger charge is -2.28. The molecule has 0 heterocycles. The van der Waals surface area contributed by atoms with E-state index in [-0.39, 0.29) is 5.92 Å². The normalized spacial score (nSPS) is 11.2. The smallest absolute Gasteiger partial charge is 0.113 e. The van der Waals surface area contributed by atoms with Crippen LogP contribution in [0.15, 0.2) is 91.0 Å². The lowest BCUT2D eigenvalue weighted by molar-refractivity contribution is 0.124. The third-order valence-corrected chi connectivity index (χ3v) is 4.59. The summed E-state index contributed by atoms with van der Waals surface area (Å²) in [5, 5.41) is 0. The van der Waals surface area contributed by atoms with Gasteiger partial charge in [-0.05, 0) is 23.1 Å². The van der Waals surface area contributed by atoms with Crippen LogP contribution in [0, 0.1) is 6.10 Å². The van der Waals surface area contributed by atoms with Crippen LogP contribution in [-0.2, 0) is 11.2 Å². The lowest BCUT2D eigenvalue weighted by atomic mass is 9.84. The fourth-order valence-corrected chi connectivity index (χ4v) is 3.24. The Morgan fingerprint density at radius 3 is 1.73 bits per heavy atom. The van der Waals surface area contributed by atoms with E-state index in [4.69, 9.17) is 4.74 Å². The maximum atomic E-state index is 6.37. The third-order valence-electron chi connectivity index (χ3n) is 4.59. The number of rotatable bonds is 9. The number of benzene rings is 3. The second-order valence-corrected chi connectivity index (χ2v) is 6.59. The molecule has 0 atom stereocenters. The lowest BCUT2D eigenvalue weighted by Crippen LogP contribution is -2.19. The Balaban J connectivity index is 1.94. The molecule has 3 aromatic rings. The van der Waals surface area contributed by atoms with Gasteiger partial charge in [0.1, 0.15) is 6.10 Å². The highest BCUT2D eigenvalue weighted by atomic mass is 16.5. The van der Waals surface area contributed by atoms with Gasteiger partial charge in [-0.15, -0.1) is 0 Å². The first-order valence-electron chi connectivity index (χ1n) is 9.51. The van der Waals surface area contributed by atoms with Gasteiger partial charge in [0.25, 0.3) is 0 Å². The highest BCUT2D eigenvalue weighted by Gasteiger charge is 2.27. The second-order valence-electron chi connectivity index (χ2n) is 6.59. The van der Waals surface area contributed by atoms with Crippen LogP contribution in [0.2, 0.25) is 0 Å². The molecule has 0 aliphatic carbocycles. The van der Waals surface area contributed by atoms with Gasteiger partial charge < -0.3 is 4.74 Å². The van der Waals surface area contributed by atoms with Crippen LogP contribution < -0.4 is 0 Å². The van der Waals surface area contributed by atoms with Crippen LogP contribution in [-0.4, -0.2) is 6.61 Å². The van der Waals surface area contributed by atoms with Gasteiger partial charge in [0.15, 0.2) is 0 Å². The molecule has 1 heteroatoms. The number of ether oxygens (including phenoxy) is 1. The van der Waals surface area contributed by atoms with Crippen LogP contribution in [0.4, 0.5) is 0 Å². The molecule has 26 heavy (non-hydrogen) atoms. The van der Waals surface area contributed by atoms with Crippen molar-refractivity contribution in [1.29, 1.82) is 0 Å². The average molecular weight is 343 g/mol. The van der Waals surface area contributed by atoms with E-state index in [1.165, 1.54) is 16.7 Å². The van der Waals surface area contributed by atoms with E-state index >= 15 is 0 Å². The molecule has 0 aliphatic heterocycles. The van der Waals surface area contributed by atoms with E-state index in [0.29, 0.717) is 0 Å². The zero-order valence-electron chi connectivity index (χ0n) is 15.5. The molecule has 0 bridgehead atoms. The molecule has 3 aromatic carbocycles. The third kappa shape index (κ3) is 5.06. The maximum absolute atomic E-state index is 6.37. The summed E-state index contributed by atoms with van der Waals surface area (Å²) in [4.78, 5) is 0. The molecule has 0 saturated heterocycles. The molecule has 3 rings (SSSR count). The zero-order chi connectivity index (χ0) is 18.0. The maximum Gasteiger partial charge on any atom is 0.113 e. The van der Waals surface area contributed by atoms with E-state index < -0.39 is 0 Å². The number of hydrogen-bond acceptors (Lipinski definition) is 1. The minimum absolute atomic E-state index is 0.148. The van der Waals surface area contributed by atoms with Crippen molar-refractivity contribution in [3.63, 3.8) is 0 Å². The van der Waals surface area contributed by atoms with Gasteiger partial charge in [-0.2, -0.15) is 0 Å². The van der Waals surface area contributed by atoms with E-state index in [9.17, 15) is 0 Å². The largest absolute Gasteiger partial charge is 0.371 e. The molecule has 0 saturated carbocycles. The molecular weight excluding hydrogens is 316 g/mol. The quantitative estimate of drug-likeness (QED) is 0.408.